The van der Waals surface area contributed by atoms with Crippen LogP contribution in [-0.4, -0.2) is 22.6 Å². The Morgan fingerprint density at radius 2 is 1.53 bits per heavy atom. The summed E-state index contributed by atoms with van der Waals surface area (Å²) in [4.78, 5) is 19.9. The molecule has 4 rings (SSSR count). The zero-order chi connectivity index (χ0) is 22.3. The number of carbonyl (C=O) groups excluding carboxylic acids is 1. The van der Waals surface area contributed by atoms with Crippen molar-refractivity contribution in [2.45, 2.75) is 19.7 Å². The highest BCUT2D eigenvalue weighted by Crippen LogP contribution is 2.35. The van der Waals surface area contributed by atoms with Crippen LogP contribution >= 0.6 is 11.8 Å². The third-order valence-electron chi connectivity index (χ3n) is 4.73. The molecule has 3 aromatic carbocycles. The van der Waals surface area contributed by atoms with Crippen molar-refractivity contribution in [1.29, 1.82) is 0 Å². The minimum atomic E-state index is -2.95. The molecule has 162 valence electrons. The number of hydrogen-bond acceptors (Lipinski definition) is 4. The third-order valence-corrected chi connectivity index (χ3v) is 5.78. The van der Waals surface area contributed by atoms with E-state index < -0.39 is 6.61 Å². The van der Waals surface area contributed by atoms with Gasteiger partial charge in [0.05, 0.1) is 18.0 Å². The topological polar surface area (TPSA) is 41.9 Å². The lowest BCUT2D eigenvalue weighted by Gasteiger charge is -2.15. The Labute approximate surface area is 189 Å². The van der Waals surface area contributed by atoms with Crippen molar-refractivity contribution in [1.82, 2.24) is 4.90 Å². The monoisotopic (exact) mass is 450 g/mol. The fourth-order valence-corrected chi connectivity index (χ4v) is 4.18. The number of alkyl halides is 2. The second kappa shape index (κ2) is 10.2. The van der Waals surface area contributed by atoms with Crippen molar-refractivity contribution in [3.05, 3.63) is 107 Å². The van der Waals surface area contributed by atoms with E-state index in [1.807, 2.05) is 60.7 Å². The molecule has 0 bridgehead atoms. The SMILES string of the molecule is O=C1/C(=C\c2ccccc2OC(F)F)SC(=NCc2ccccc2)N1Cc1ccccc1. The fraction of sp³-hybridized carbons (Fsp3) is 0.120. The summed E-state index contributed by atoms with van der Waals surface area (Å²) < 4.78 is 30.2. The van der Waals surface area contributed by atoms with Gasteiger partial charge in [-0.25, -0.2) is 0 Å². The van der Waals surface area contributed by atoms with Gasteiger partial charge in [-0.2, -0.15) is 8.78 Å². The summed E-state index contributed by atoms with van der Waals surface area (Å²) in [6.07, 6.45) is 1.58. The molecule has 3 aromatic rings. The summed E-state index contributed by atoms with van der Waals surface area (Å²) in [7, 11) is 0. The van der Waals surface area contributed by atoms with E-state index in [1.54, 1.807) is 29.2 Å². The summed E-state index contributed by atoms with van der Waals surface area (Å²) in [5.41, 5.74) is 2.41. The van der Waals surface area contributed by atoms with Gasteiger partial charge in [-0.3, -0.25) is 14.7 Å². The Bertz CT molecular complexity index is 1130. The standard InChI is InChI=1S/C25H20F2N2O2S/c26-24(27)31-21-14-8-7-13-20(21)15-22-23(30)29(17-19-11-5-2-6-12-19)25(32-22)28-16-18-9-3-1-4-10-18/h1-15,24H,16-17H2/b22-15+,28-25?. The number of hydrogen-bond donors (Lipinski definition) is 0. The molecule has 1 saturated heterocycles. The lowest BCUT2D eigenvalue weighted by Crippen LogP contribution is -2.28. The van der Waals surface area contributed by atoms with Crippen LogP contribution in [0.2, 0.25) is 0 Å². The van der Waals surface area contributed by atoms with E-state index in [1.165, 1.54) is 17.8 Å². The van der Waals surface area contributed by atoms with Crippen LogP contribution < -0.4 is 4.74 Å². The molecule has 0 spiro atoms. The number of halogens is 2. The Balaban J connectivity index is 1.65. The number of nitrogens with zero attached hydrogens (tertiary/aromatic N) is 2. The third kappa shape index (κ3) is 5.42. The lowest BCUT2D eigenvalue weighted by molar-refractivity contribution is -0.122. The molecule has 0 aliphatic carbocycles. The molecule has 1 fully saturated rings. The molecule has 1 aliphatic rings. The highest BCUT2D eigenvalue weighted by molar-refractivity contribution is 8.18. The number of rotatable bonds is 7. The van der Waals surface area contributed by atoms with Crippen LogP contribution in [0, 0.1) is 0 Å². The van der Waals surface area contributed by atoms with E-state index in [-0.39, 0.29) is 11.7 Å². The van der Waals surface area contributed by atoms with Gasteiger partial charge < -0.3 is 4.74 Å². The zero-order valence-electron chi connectivity index (χ0n) is 17.0. The van der Waals surface area contributed by atoms with Gasteiger partial charge in [0.25, 0.3) is 5.91 Å². The van der Waals surface area contributed by atoms with Crippen LogP contribution in [0.25, 0.3) is 6.08 Å². The number of aliphatic imine (C=N–C) groups is 1. The molecule has 7 heteroatoms. The molecular weight excluding hydrogens is 430 g/mol. The smallest absolute Gasteiger partial charge is 0.387 e. The Morgan fingerprint density at radius 3 is 2.22 bits per heavy atom. The second-order valence-electron chi connectivity index (χ2n) is 6.99. The number of benzene rings is 3. The van der Waals surface area contributed by atoms with Gasteiger partial charge in [0.1, 0.15) is 5.75 Å². The number of ether oxygens (including phenoxy) is 1. The van der Waals surface area contributed by atoms with Crippen LogP contribution in [-0.2, 0) is 17.9 Å². The normalized spacial score (nSPS) is 16.3. The largest absolute Gasteiger partial charge is 0.434 e. The first-order valence-electron chi connectivity index (χ1n) is 9.98. The lowest BCUT2D eigenvalue weighted by atomic mass is 10.1. The van der Waals surface area contributed by atoms with E-state index >= 15 is 0 Å². The van der Waals surface area contributed by atoms with Gasteiger partial charge in [0.2, 0.25) is 0 Å². The fourth-order valence-electron chi connectivity index (χ4n) is 3.22. The average molecular weight is 451 g/mol. The van der Waals surface area contributed by atoms with E-state index in [2.05, 4.69) is 9.73 Å². The molecule has 1 aliphatic heterocycles. The maximum atomic E-state index is 13.2. The van der Waals surface area contributed by atoms with Crippen molar-refractivity contribution in [2.75, 3.05) is 0 Å². The zero-order valence-corrected chi connectivity index (χ0v) is 17.8. The summed E-state index contributed by atoms with van der Waals surface area (Å²) in [6.45, 7) is -2.15. The number of para-hydroxylation sites is 1. The van der Waals surface area contributed by atoms with Crippen molar-refractivity contribution >= 4 is 28.9 Å². The van der Waals surface area contributed by atoms with Gasteiger partial charge >= 0.3 is 6.61 Å². The molecule has 0 atom stereocenters. The maximum Gasteiger partial charge on any atom is 0.387 e. The minimum Gasteiger partial charge on any atom is -0.434 e. The molecule has 32 heavy (non-hydrogen) atoms. The molecule has 4 nitrogen and oxygen atoms in total. The van der Waals surface area contributed by atoms with Gasteiger partial charge in [0, 0.05) is 5.56 Å². The molecule has 0 N–H and O–H groups in total. The Morgan fingerprint density at radius 1 is 0.906 bits per heavy atom. The number of carbonyl (C=O) groups is 1. The minimum absolute atomic E-state index is 0.0210. The quantitative estimate of drug-likeness (QED) is 0.417. The van der Waals surface area contributed by atoms with Gasteiger partial charge in [-0.1, -0.05) is 78.9 Å². The van der Waals surface area contributed by atoms with E-state index in [9.17, 15) is 13.6 Å². The number of thioether (sulfide) groups is 1. The van der Waals surface area contributed by atoms with Crippen LogP contribution in [0.3, 0.4) is 0 Å². The van der Waals surface area contributed by atoms with Gasteiger partial charge in [-0.05, 0) is 35.0 Å². The predicted octanol–water partition coefficient (Wildman–Crippen LogP) is 5.96. The van der Waals surface area contributed by atoms with Crippen LogP contribution in [0.4, 0.5) is 8.78 Å². The molecule has 1 amide bonds. The molecule has 0 saturated carbocycles. The van der Waals surface area contributed by atoms with Crippen LogP contribution in [0.1, 0.15) is 16.7 Å². The average Bonchev–Trinajstić information content (AvgIpc) is 3.09. The van der Waals surface area contributed by atoms with E-state index in [0.717, 1.165) is 11.1 Å². The number of amidine groups is 1. The van der Waals surface area contributed by atoms with E-state index in [4.69, 9.17) is 0 Å². The number of amides is 1. The van der Waals surface area contributed by atoms with E-state index in [0.29, 0.717) is 28.7 Å². The Hall–Kier alpha value is -3.45. The molecular formula is C25H20F2N2O2S. The molecule has 0 unspecified atom stereocenters. The maximum absolute atomic E-state index is 13.2. The predicted molar refractivity (Wildman–Crippen MR) is 123 cm³/mol. The van der Waals surface area contributed by atoms with Crippen molar-refractivity contribution in [3.63, 3.8) is 0 Å². The van der Waals surface area contributed by atoms with Crippen molar-refractivity contribution in [3.8, 4) is 5.75 Å². The molecule has 1 heterocycles. The van der Waals surface area contributed by atoms with Gasteiger partial charge in [0.15, 0.2) is 5.17 Å². The Kier molecular flexibility index (Phi) is 6.97. The summed E-state index contributed by atoms with van der Waals surface area (Å²) >= 11 is 1.23. The van der Waals surface area contributed by atoms with Crippen molar-refractivity contribution < 1.29 is 18.3 Å². The highest BCUT2D eigenvalue weighted by Gasteiger charge is 2.33. The second-order valence-corrected chi connectivity index (χ2v) is 8.00. The van der Waals surface area contributed by atoms with Gasteiger partial charge in [-0.15, -0.1) is 0 Å². The first kappa shape index (κ1) is 21.8. The van der Waals surface area contributed by atoms with Crippen LogP contribution in [0.15, 0.2) is 94.8 Å². The van der Waals surface area contributed by atoms with Crippen molar-refractivity contribution in [2.24, 2.45) is 4.99 Å². The summed E-state index contributed by atoms with van der Waals surface area (Å²) in [5, 5.41) is 0.571. The first-order valence-corrected chi connectivity index (χ1v) is 10.8. The summed E-state index contributed by atoms with van der Waals surface area (Å²) in [6, 6.07) is 25.8. The molecule has 0 aromatic heterocycles. The first-order chi connectivity index (χ1) is 15.6. The van der Waals surface area contributed by atoms with Crippen LogP contribution in [0.5, 0.6) is 5.75 Å². The summed E-state index contributed by atoms with van der Waals surface area (Å²) in [5.74, 6) is -0.204. The highest BCUT2D eigenvalue weighted by atomic mass is 32.2. The molecule has 0 radical (unpaired) electrons.